The number of aryl methyl sites for hydroxylation is 1. The Morgan fingerprint density at radius 1 is 1.29 bits per heavy atom. The molecule has 0 fully saturated rings. The van der Waals surface area contributed by atoms with Gasteiger partial charge >= 0.3 is 5.97 Å². The number of hydrogen-bond donors (Lipinski definition) is 1. The maximum absolute atomic E-state index is 12.5. The number of carbonyl (C=O) groups excluding carboxylic acids is 1. The van der Waals surface area contributed by atoms with Crippen molar-refractivity contribution in [1.82, 2.24) is 19.7 Å². The first-order valence-corrected chi connectivity index (χ1v) is 9.91. The number of fused-ring (bicyclic) bond motifs is 1. The topological polar surface area (TPSA) is 72.8 Å². The number of nitrogens with zero attached hydrogens (tertiary/aromatic N) is 3. The average Bonchev–Trinajstić information content (AvgIpc) is 3.36. The molecule has 0 aliphatic carbocycles. The van der Waals surface area contributed by atoms with Crippen LogP contribution in [0.2, 0.25) is 0 Å². The first-order chi connectivity index (χ1) is 13.3. The molecule has 0 saturated carbocycles. The van der Waals surface area contributed by atoms with Gasteiger partial charge in [0.25, 0.3) is 0 Å². The molecule has 144 valence electrons. The zero-order valence-corrected chi connectivity index (χ0v) is 17.1. The van der Waals surface area contributed by atoms with Crippen LogP contribution < -0.4 is 0 Å². The van der Waals surface area contributed by atoms with Crippen LogP contribution in [-0.2, 0) is 23.8 Å². The van der Waals surface area contributed by atoms with Crippen LogP contribution in [0.4, 0.5) is 0 Å². The van der Waals surface area contributed by atoms with Gasteiger partial charge in [0.1, 0.15) is 17.3 Å². The molecular weight excluding hydrogens is 372 g/mol. The van der Waals surface area contributed by atoms with Gasteiger partial charge in [0.15, 0.2) is 0 Å². The summed E-state index contributed by atoms with van der Waals surface area (Å²) in [6.07, 6.45) is 3.68. The third-order valence-electron chi connectivity index (χ3n) is 4.56. The van der Waals surface area contributed by atoms with Gasteiger partial charge in [0.05, 0.1) is 11.9 Å². The summed E-state index contributed by atoms with van der Waals surface area (Å²) in [6.45, 7) is 6.64. The van der Waals surface area contributed by atoms with E-state index in [1.54, 1.807) is 10.9 Å². The number of aromatic nitrogens is 4. The lowest BCUT2D eigenvalue weighted by molar-refractivity contribution is 0.0462. The second-order valence-corrected chi connectivity index (χ2v) is 8.72. The highest BCUT2D eigenvalue weighted by Crippen LogP contribution is 2.27. The number of carbonyl (C=O) groups is 1. The number of nitrogens with one attached hydrogen (secondary N) is 1. The van der Waals surface area contributed by atoms with Crippen LogP contribution in [-0.4, -0.2) is 25.7 Å². The number of hydrogen-bond acceptors (Lipinski definition) is 5. The molecule has 0 atom stereocenters. The molecule has 4 rings (SSSR count). The van der Waals surface area contributed by atoms with E-state index < -0.39 is 0 Å². The second kappa shape index (κ2) is 6.91. The molecule has 1 N–H and O–H groups in total. The van der Waals surface area contributed by atoms with Gasteiger partial charge in [-0.05, 0) is 23.1 Å². The quantitative estimate of drug-likeness (QED) is 0.510. The van der Waals surface area contributed by atoms with Crippen molar-refractivity contribution in [3.8, 4) is 10.6 Å². The van der Waals surface area contributed by atoms with Crippen molar-refractivity contribution < 1.29 is 9.53 Å². The maximum Gasteiger partial charge on any atom is 0.355 e. The van der Waals surface area contributed by atoms with E-state index in [1.807, 2.05) is 30.8 Å². The van der Waals surface area contributed by atoms with Crippen molar-refractivity contribution in [3.63, 3.8) is 0 Å². The zero-order valence-electron chi connectivity index (χ0n) is 16.3. The summed E-state index contributed by atoms with van der Waals surface area (Å²) in [5.41, 5.74) is 4.33. The van der Waals surface area contributed by atoms with Gasteiger partial charge in [-0.2, -0.15) is 5.10 Å². The molecule has 6 nitrogen and oxygen atoms in total. The first-order valence-electron chi connectivity index (χ1n) is 9.03. The largest absolute Gasteiger partial charge is 0.454 e. The molecule has 3 aromatic heterocycles. The highest BCUT2D eigenvalue weighted by molar-refractivity contribution is 7.13. The predicted molar refractivity (Wildman–Crippen MR) is 110 cm³/mol. The van der Waals surface area contributed by atoms with E-state index >= 15 is 0 Å². The molecule has 0 radical (unpaired) electrons. The number of H-pyrrole nitrogens is 1. The molecule has 3 heterocycles. The molecule has 0 saturated heterocycles. The Morgan fingerprint density at radius 3 is 2.82 bits per heavy atom. The summed E-state index contributed by atoms with van der Waals surface area (Å²) < 4.78 is 7.18. The third-order valence-corrected chi connectivity index (χ3v) is 5.50. The third kappa shape index (κ3) is 3.71. The normalized spacial score (nSPS) is 11.9. The summed E-state index contributed by atoms with van der Waals surface area (Å²) in [7, 11) is 1.87. The van der Waals surface area contributed by atoms with Crippen molar-refractivity contribution in [2.24, 2.45) is 7.05 Å². The number of thiazole rings is 1. The van der Waals surface area contributed by atoms with Gasteiger partial charge < -0.3 is 9.72 Å². The van der Waals surface area contributed by atoms with E-state index in [-0.39, 0.29) is 18.0 Å². The lowest BCUT2D eigenvalue weighted by Crippen LogP contribution is -2.10. The van der Waals surface area contributed by atoms with Crippen LogP contribution in [0.25, 0.3) is 21.5 Å². The number of benzene rings is 1. The van der Waals surface area contributed by atoms with Crippen molar-refractivity contribution in [2.45, 2.75) is 32.8 Å². The Morgan fingerprint density at radius 2 is 2.11 bits per heavy atom. The Balaban J connectivity index is 1.46. The van der Waals surface area contributed by atoms with E-state index in [0.717, 1.165) is 27.2 Å². The van der Waals surface area contributed by atoms with Gasteiger partial charge in [-0.15, -0.1) is 11.3 Å². The molecule has 28 heavy (non-hydrogen) atoms. The summed E-state index contributed by atoms with van der Waals surface area (Å²) in [6, 6.07) is 8.04. The molecule has 0 unspecified atom stereocenters. The zero-order chi connectivity index (χ0) is 19.9. The van der Waals surface area contributed by atoms with E-state index in [1.165, 1.54) is 16.9 Å². The molecule has 0 spiro atoms. The van der Waals surface area contributed by atoms with Crippen LogP contribution in [0.15, 0.2) is 42.0 Å². The lowest BCUT2D eigenvalue weighted by atomic mass is 9.87. The molecule has 0 amide bonds. The fraction of sp³-hybridized carbons (Fsp3) is 0.286. The smallest absolute Gasteiger partial charge is 0.355 e. The number of rotatable bonds is 4. The second-order valence-electron chi connectivity index (χ2n) is 7.86. The Labute approximate surface area is 167 Å². The van der Waals surface area contributed by atoms with Crippen LogP contribution in [0.1, 0.15) is 42.5 Å². The minimum absolute atomic E-state index is 0.0522. The number of ether oxygens (including phenoxy) is 1. The standard InChI is InChI=1S/C21H22N4O2S/c1-21(2,3)15-6-5-13-7-18(24-17(13)8-15)20(26)27-11-16-12-28-19(23-16)14-9-22-25(4)10-14/h5-10,12,24H,11H2,1-4H3. The monoisotopic (exact) mass is 394 g/mol. The van der Waals surface area contributed by atoms with Crippen molar-refractivity contribution in [2.75, 3.05) is 0 Å². The molecule has 4 aromatic rings. The van der Waals surface area contributed by atoms with Gasteiger partial charge in [0.2, 0.25) is 0 Å². The minimum atomic E-state index is -0.385. The summed E-state index contributed by atoms with van der Waals surface area (Å²) in [5, 5.41) is 7.90. The van der Waals surface area contributed by atoms with Gasteiger partial charge in [-0.1, -0.05) is 32.9 Å². The predicted octanol–water partition coefficient (Wildman–Crippen LogP) is 4.68. The van der Waals surface area contributed by atoms with Crippen LogP contribution in [0, 0.1) is 0 Å². The number of aromatic amines is 1. The highest BCUT2D eigenvalue weighted by atomic mass is 32.1. The average molecular weight is 395 g/mol. The Bertz CT molecular complexity index is 1150. The van der Waals surface area contributed by atoms with Crippen LogP contribution >= 0.6 is 11.3 Å². The number of esters is 1. The molecule has 0 bridgehead atoms. The lowest BCUT2D eigenvalue weighted by Gasteiger charge is -2.18. The van der Waals surface area contributed by atoms with E-state index in [4.69, 9.17) is 4.74 Å². The Hall–Kier alpha value is -2.93. The first kappa shape index (κ1) is 18.4. The summed E-state index contributed by atoms with van der Waals surface area (Å²) in [4.78, 5) is 20.2. The maximum atomic E-state index is 12.5. The molecule has 0 aliphatic rings. The van der Waals surface area contributed by atoms with Crippen molar-refractivity contribution >= 4 is 28.2 Å². The van der Waals surface area contributed by atoms with Gasteiger partial charge in [0, 0.05) is 35.1 Å². The summed E-state index contributed by atoms with van der Waals surface area (Å²) >= 11 is 1.51. The summed E-state index contributed by atoms with van der Waals surface area (Å²) in [5.74, 6) is -0.385. The van der Waals surface area contributed by atoms with Crippen molar-refractivity contribution in [1.29, 1.82) is 0 Å². The van der Waals surface area contributed by atoms with Crippen LogP contribution in [0.5, 0.6) is 0 Å². The fourth-order valence-electron chi connectivity index (χ4n) is 2.96. The molecular formula is C21H22N4O2S. The minimum Gasteiger partial charge on any atom is -0.454 e. The van der Waals surface area contributed by atoms with Gasteiger partial charge in [-0.25, -0.2) is 9.78 Å². The highest BCUT2D eigenvalue weighted by Gasteiger charge is 2.17. The van der Waals surface area contributed by atoms with Crippen LogP contribution in [0.3, 0.4) is 0 Å². The van der Waals surface area contributed by atoms with E-state index in [2.05, 4.69) is 48.0 Å². The molecule has 7 heteroatoms. The fourth-order valence-corrected chi connectivity index (χ4v) is 3.74. The van der Waals surface area contributed by atoms with E-state index in [0.29, 0.717) is 5.69 Å². The van der Waals surface area contributed by atoms with Crippen molar-refractivity contribution in [3.05, 3.63) is 59.0 Å². The molecule has 0 aliphatic heterocycles. The molecule has 1 aromatic carbocycles. The SMILES string of the molecule is Cn1cc(-c2nc(COC(=O)c3cc4ccc(C(C)(C)C)cc4[nH]3)cs2)cn1. The Kier molecular flexibility index (Phi) is 4.55. The van der Waals surface area contributed by atoms with Gasteiger partial charge in [-0.3, -0.25) is 4.68 Å². The van der Waals surface area contributed by atoms with E-state index in [9.17, 15) is 4.79 Å².